The second-order valence-electron chi connectivity index (χ2n) is 3.58. The molecule has 0 aliphatic heterocycles. The van der Waals surface area contributed by atoms with Crippen LogP contribution in [0.3, 0.4) is 0 Å². The zero-order valence-corrected chi connectivity index (χ0v) is 9.30. The number of aromatic nitrogens is 2. The van der Waals surface area contributed by atoms with Crippen molar-refractivity contribution in [3.05, 3.63) is 23.8 Å². The molecule has 15 heavy (non-hydrogen) atoms. The molecule has 1 heterocycles. The maximum atomic E-state index is 10.6. The summed E-state index contributed by atoms with van der Waals surface area (Å²) >= 11 is 0. The molecular weight excluding hydrogens is 192 g/mol. The van der Waals surface area contributed by atoms with Gasteiger partial charge in [-0.05, 0) is 18.9 Å². The number of hydrogen-bond acceptors (Lipinski definition) is 4. The fourth-order valence-electron chi connectivity index (χ4n) is 1.34. The number of aldehydes is 1. The number of carbonyl (C=O) groups excluding carboxylic acids is 1. The fraction of sp³-hybridized carbons (Fsp3) is 0.545. The topological polar surface area (TPSA) is 52.1 Å². The summed E-state index contributed by atoms with van der Waals surface area (Å²) in [6.45, 7) is 6.62. The van der Waals surface area contributed by atoms with Gasteiger partial charge >= 0.3 is 0 Å². The molecule has 1 aromatic heterocycles. The quantitative estimate of drug-likeness (QED) is 0.695. The van der Waals surface area contributed by atoms with Gasteiger partial charge in [0.15, 0.2) is 12.1 Å². The minimum atomic E-state index is -0.144. The molecule has 1 unspecified atom stereocenters. The van der Waals surface area contributed by atoms with Gasteiger partial charge in [0.2, 0.25) is 0 Å². The van der Waals surface area contributed by atoms with Crippen LogP contribution in [0.5, 0.6) is 0 Å². The fourth-order valence-corrected chi connectivity index (χ4v) is 1.34. The van der Waals surface area contributed by atoms with Gasteiger partial charge in [-0.3, -0.25) is 4.79 Å². The van der Waals surface area contributed by atoms with Crippen LogP contribution in [0.1, 0.15) is 43.2 Å². The second-order valence-corrected chi connectivity index (χ2v) is 3.58. The Morgan fingerprint density at radius 3 is 2.80 bits per heavy atom. The highest BCUT2D eigenvalue weighted by molar-refractivity contribution is 5.71. The third kappa shape index (κ3) is 3.09. The summed E-state index contributed by atoms with van der Waals surface area (Å²) in [5.74, 6) is 0.864. The Kier molecular flexibility index (Phi) is 4.37. The van der Waals surface area contributed by atoms with Crippen molar-refractivity contribution < 1.29 is 9.53 Å². The summed E-state index contributed by atoms with van der Waals surface area (Å²) in [5.41, 5.74) is 0.394. The van der Waals surface area contributed by atoms with Crippen LogP contribution in [0.4, 0.5) is 0 Å². The maximum Gasteiger partial charge on any atom is 0.168 e. The molecule has 1 aromatic rings. The zero-order valence-electron chi connectivity index (χ0n) is 9.30. The Morgan fingerprint density at radius 2 is 2.27 bits per heavy atom. The van der Waals surface area contributed by atoms with E-state index in [0.717, 1.165) is 0 Å². The molecule has 0 N–H and O–H groups in total. The lowest BCUT2D eigenvalue weighted by molar-refractivity contribution is 0.0231. The van der Waals surface area contributed by atoms with Gasteiger partial charge in [-0.15, -0.1) is 0 Å². The molecular formula is C11H16N2O2. The van der Waals surface area contributed by atoms with E-state index in [0.29, 0.717) is 24.4 Å². The van der Waals surface area contributed by atoms with Gasteiger partial charge in [-0.2, -0.15) is 0 Å². The van der Waals surface area contributed by atoms with Crippen LogP contribution in [0, 0.1) is 5.92 Å². The summed E-state index contributed by atoms with van der Waals surface area (Å²) in [4.78, 5) is 18.8. The van der Waals surface area contributed by atoms with E-state index in [9.17, 15) is 4.79 Å². The Morgan fingerprint density at radius 1 is 1.53 bits per heavy atom. The molecule has 82 valence electrons. The lowest BCUT2D eigenvalue weighted by atomic mass is 10.1. The highest BCUT2D eigenvalue weighted by atomic mass is 16.5. The Balaban J connectivity index is 2.94. The predicted octanol–water partition coefficient (Wildman–Crippen LogP) is 2.02. The molecule has 0 aromatic carbocycles. The van der Waals surface area contributed by atoms with Crippen LogP contribution >= 0.6 is 0 Å². The molecule has 0 saturated carbocycles. The summed E-state index contributed by atoms with van der Waals surface area (Å²) in [5, 5.41) is 0. The monoisotopic (exact) mass is 208 g/mol. The second kappa shape index (κ2) is 5.56. The Hall–Kier alpha value is -1.29. The van der Waals surface area contributed by atoms with Crippen molar-refractivity contribution in [2.75, 3.05) is 6.61 Å². The maximum absolute atomic E-state index is 10.6. The molecule has 0 amide bonds. The predicted molar refractivity (Wildman–Crippen MR) is 56.6 cm³/mol. The van der Waals surface area contributed by atoms with E-state index in [1.165, 1.54) is 0 Å². The first-order valence-corrected chi connectivity index (χ1v) is 5.08. The van der Waals surface area contributed by atoms with E-state index in [-0.39, 0.29) is 12.0 Å². The standard InChI is InChI=1S/C11H16N2O2/c1-4-15-10(8(2)3)11-12-6-5-9(7-14)13-11/h5-8,10H,4H2,1-3H3. The normalized spacial score (nSPS) is 12.8. The highest BCUT2D eigenvalue weighted by Crippen LogP contribution is 2.22. The van der Waals surface area contributed by atoms with E-state index in [4.69, 9.17) is 4.74 Å². The molecule has 0 spiro atoms. The average molecular weight is 208 g/mol. The van der Waals surface area contributed by atoms with E-state index >= 15 is 0 Å². The molecule has 4 heteroatoms. The van der Waals surface area contributed by atoms with Crippen molar-refractivity contribution in [2.45, 2.75) is 26.9 Å². The summed E-state index contributed by atoms with van der Waals surface area (Å²) in [7, 11) is 0. The van der Waals surface area contributed by atoms with Crippen molar-refractivity contribution in [3.63, 3.8) is 0 Å². The number of rotatable bonds is 5. The Bertz CT molecular complexity index is 326. The molecule has 4 nitrogen and oxygen atoms in total. The first-order valence-electron chi connectivity index (χ1n) is 5.08. The lowest BCUT2D eigenvalue weighted by Gasteiger charge is -2.19. The summed E-state index contributed by atoms with van der Waals surface area (Å²) in [6, 6.07) is 1.58. The largest absolute Gasteiger partial charge is 0.370 e. The number of nitrogens with zero attached hydrogens (tertiary/aromatic N) is 2. The van der Waals surface area contributed by atoms with Crippen LogP contribution in [-0.2, 0) is 4.74 Å². The molecule has 0 radical (unpaired) electrons. The Labute approximate surface area is 89.7 Å². The van der Waals surface area contributed by atoms with Crippen molar-refractivity contribution in [1.29, 1.82) is 0 Å². The third-order valence-corrected chi connectivity index (χ3v) is 2.02. The first-order chi connectivity index (χ1) is 7.19. The number of hydrogen-bond donors (Lipinski definition) is 0. The molecule has 0 saturated heterocycles. The molecule has 1 rings (SSSR count). The van der Waals surface area contributed by atoms with Crippen molar-refractivity contribution in [3.8, 4) is 0 Å². The molecule has 0 aliphatic carbocycles. The number of carbonyl (C=O) groups is 1. The number of ether oxygens (including phenoxy) is 1. The minimum absolute atomic E-state index is 0.144. The van der Waals surface area contributed by atoms with Gasteiger partial charge < -0.3 is 4.74 Å². The molecule has 0 fully saturated rings. The summed E-state index contributed by atoms with van der Waals surface area (Å²) < 4.78 is 5.55. The van der Waals surface area contributed by atoms with Crippen LogP contribution < -0.4 is 0 Å². The van der Waals surface area contributed by atoms with E-state index in [1.807, 2.05) is 20.8 Å². The highest BCUT2D eigenvalue weighted by Gasteiger charge is 2.18. The van der Waals surface area contributed by atoms with E-state index < -0.39 is 0 Å². The van der Waals surface area contributed by atoms with Crippen LogP contribution in [0.15, 0.2) is 12.3 Å². The van der Waals surface area contributed by atoms with Crippen molar-refractivity contribution in [2.24, 2.45) is 5.92 Å². The molecule has 0 aliphatic rings. The van der Waals surface area contributed by atoms with Crippen molar-refractivity contribution in [1.82, 2.24) is 9.97 Å². The molecule has 0 bridgehead atoms. The average Bonchev–Trinajstić information content (AvgIpc) is 2.25. The van der Waals surface area contributed by atoms with Crippen molar-refractivity contribution >= 4 is 6.29 Å². The van der Waals surface area contributed by atoms with Gasteiger partial charge in [0.05, 0.1) is 0 Å². The molecule has 1 atom stereocenters. The van der Waals surface area contributed by atoms with Crippen LogP contribution in [0.2, 0.25) is 0 Å². The van der Waals surface area contributed by atoms with Gasteiger partial charge in [0.25, 0.3) is 0 Å². The summed E-state index contributed by atoms with van der Waals surface area (Å²) in [6.07, 6.45) is 2.16. The van der Waals surface area contributed by atoms with Crippen LogP contribution in [0.25, 0.3) is 0 Å². The lowest BCUT2D eigenvalue weighted by Crippen LogP contribution is -2.15. The van der Waals surface area contributed by atoms with E-state index in [1.54, 1.807) is 12.3 Å². The third-order valence-electron chi connectivity index (χ3n) is 2.02. The smallest absolute Gasteiger partial charge is 0.168 e. The van der Waals surface area contributed by atoms with Gasteiger partial charge in [-0.1, -0.05) is 13.8 Å². The van der Waals surface area contributed by atoms with Crippen LogP contribution in [-0.4, -0.2) is 22.9 Å². The van der Waals surface area contributed by atoms with Gasteiger partial charge in [0.1, 0.15) is 11.8 Å². The first kappa shape index (κ1) is 11.8. The SMILES string of the molecule is CCOC(c1nccc(C=O)n1)C(C)C. The van der Waals surface area contributed by atoms with Gasteiger partial charge in [0, 0.05) is 12.8 Å². The zero-order chi connectivity index (χ0) is 11.3. The van der Waals surface area contributed by atoms with E-state index in [2.05, 4.69) is 9.97 Å². The minimum Gasteiger partial charge on any atom is -0.370 e. The van der Waals surface area contributed by atoms with Gasteiger partial charge in [-0.25, -0.2) is 9.97 Å².